The summed E-state index contributed by atoms with van der Waals surface area (Å²) in [7, 11) is 0. The zero-order valence-electron chi connectivity index (χ0n) is 19.2. The largest absolute Gasteiger partial charge is 0.364 e. The van der Waals surface area contributed by atoms with Gasteiger partial charge in [-0.2, -0.15) is 5.10 Å². The Labute approximate surface area is 213 Å². The van der Waals surface area contributed by atoms with Gasteiger partial charge in [-0.1, -0.05) is 23.7 Å². The minimum atomic E-state index is -0.878. The highest BCUT2D eigenvalue weighted by Crippen LogP contribution is 2.28. The van der Waals surface area contributed by atoms with Crippen LogP contribution in [0.4, 0.5) is 4.39 Å². The van der Waals surface area contributed by atoms with Crippen LogP contribution >= 0.6 is 11.6 Å². The second-order valence-electron chi connectivity index (χ2n) is 8.34. The number of azide groups is 1. The molecule has 14 heteroatoms. The lowest BCUT2D eigenvalue weighted by Crippen LogP contribution is -2.43. The number of benzene rings is 2. The number of nitrogens with one attached hydrogen (secondary N) is 1. The molecule has 0 radical (unpaired) electrons. The maximum atomic E-state index is 14.1. The van der Waals surface area contributed by atoms with Crippen molar-refractivity contribution in [1.82, 2.24) is 20.0 Å². The number of hydrogen-bond acceptors (Lipinski definition) is 5. The number of amides is 4. The molecule has 0 spiro atoms. The Hall–Kier alpha value is -4.48. The minimum absolute atomic E-state index is 0.0195. The molecule has 0 aliphatic heterocycles. The van der Waals surface area contributed by atoms with E-state index in [9.17, 15) is 23.6 Å². The van der Waals surface area contributed by atoms with E-state index in [-0.39, 0.29) is 52.9 Å². The van der Waals surface area contributed by atoms with E-state index in [0.717, 1.165) is 12.8 Å². The van der Waals surface area contributed by atoms with Gasteiger partial charge in [0.05, 0.1) is 17.1 Å². The Balaban J connectivity index is 1.51. The van der Waals surface area contributed by atoms with Gasteiger partial charge in [0.1, 0.15) is 12.4 Å². The summed E-state index contributed by atoms with van der Waals surface area (Å²) < 4.78 is 15.3. The van der Waals surface area contributed by atoms with Gasteiger partial charge in [0, 0.05) is 34.0 Å². The summed E-state index contributed by atoms with van der Waals surface area (Å²) in [6.07, 6.45) is 1.44. The Bertz CT molecular complexity index is 1480. The molecule has 3 aromatic rings. The lowest BCUT2D eigenvalue weighted by molar-refractivity contribution is -0.137. The van der Waals surface area contributed by atoms with Crippen molar-refractivity contribution >= 4 is 46.1 Å². The maximum absolute atomic E-state index is 14.1. The molecule has 0 bridgehead atoms. The van der Waals surface area contributed by atoms with Crippen LogP contribution in [0.3, 0.4) is 0 Å². The van der Waals surface area contributed by atoms with Crippen LogP contribution in [0.1, 0.15) is 39.3 Å². The highest BCUT2D eigenvalue weighted by atomic mass is 35.5. The fourth-order valence-corrected chi connectivity index (χ4v) is 4.02. The van der Waals surface area contributed by atoms with Crippen LogP contribution in [0, 0.1) is 5.82 Å². The molecule has 12 nitrogen and oxygen atoms in total. The molecule has 37 heavy (non-hydrogen) atoms. The number of halogens is 2. The number of carbonyl (C=O) groups is 4. The van der Waals surface area contributed by atoms with Crippen molar-refractivity contribution in [2.24, 2.45) is 10.8 Å². The summed E-state index contributed by atoms with van der Waals surface area (Å²) in [5, 5.41) is 9.90. The fourth-order valence-electron chi connectivity index (χ4n) is 3.83. The van der Waals surface area contributed by atoms with Gasteiger partial charge in [-0.3, -0.25) is 23.9 Å². The number of fused-ring (bicyclic) bond motifs is 1. The van der Waals surface area contributed by atoms with Crippen molar-refractivity contribution in [3.05, 3.63) is 74.5 Å². The first-order valence-electron chi connectivity index (χ1n) is 11.1. The van der Waals surface area contributed by atoms with E-state index in [1.165, 1.54) is 39.9 Å². The highest BCUT2D eigenvalue weighted by molar-refractivity contribution is 6.30. The van der Waals surface area contributed by atoms with Crippen molar-refractivity contribution < 1.29 is 23.6 Å². The summed E-state index contributed by atoms with van der Waals surface area (Å²) in [6.45, 7) is -0.654. The van der Waals surface area contributed by atoms with E-state index in [1.54, 1.807) is 6.07 Å². The number of carbonyl (C=O) groups excluding carboxylic acids is 4. The quantitative estimate of drug-likeness (QED) is 0.247. The zero-order valence-corrected chi connectivity index (χ0v) is 20.0. The van der Waals surface area contributed by atoms with Gasteiger partial charge in [-0.15, -0.1) is 0 Å². The lowest BCUT2D eigenvalue weighted by Gasteiger charge is -2.22. The first kappa shape index (κ1) is 25.6. The topological polar surface area (TPSA) is 176 Å². The van der Waals surface area contributed by atoms with E-state index in [4.69, 9.17) is 22.9 Å². The summed E-state index contributed by atoms with van der Waals surface area (Å²) in [5.74, 6) is -3.27. The van der Waals surface area contributed by atoms with Gasteiger partial charge in [0.2, 0.25) is 17.7 Å². The molecule has 1 heterocycles. The Morgan fingerprint density at radius 3 is 2.70 bits per heavy atom. The SMILES string of the molecule is [N-]=[N+]=NC(=O)c1ccc2c(c1)c(C(N)=O)nn2CC(=O)N(CC(=O)NCc1cccc(Cl)c1F)C1CC1. The molecular formula is C23H20ClFN8O4. The normalized spacial score (nSPS) is 12.6. The molecule has 1 aliphatic carbocycles. The standard InChI is InChI=1S/C23H20ClFN8O4/c24-16-3-1-2-13(20(16)25)9-28-18(34)10-32(14-5-6-14)19(35)11-33-17-7-4-12(23(37)29-31-27)8-15(17)21(30-33)22(26)36/h1-4,7-8,14H,5-6,9-11H2,(H2,26,36)(H,28,34). The number of nitrogens with two attached hydrogens (primary N) is 1. The second kappa shape index (κ2) is 10.6. The first-order chi connectivity index (χ1) is 17.7. The van der Waals surface area contributed by atoms with E-state index in [0.29, 0.717) is 5.52 Å². The predicted molar refractivity (Wildman–Crippen MR) is 130 cm³/mol. The predicted octanol–water partition coefficient (Wildman–Crippen LogP) is 2.69. The third kappa shape index (κ3) is 5.68. The van der Waals surface area contributed by atoms with Crippen molar-refractivity contribution in [3.63, 3.8) is 0 Å². The molecule has 190 valence electrons. The third-order valence-corrected chi connectivity index (χ3v) is 6.07. The average Bonchev–Trinajstić information content (AvgIpc) is 3.64. The number of primary amides is 1. The van der Waals surface area contributed by atoms with E-state index in [1.807, 2.05) is 0 Å². The molecule has 0 unspecified atom stereocenters. The molecule has 2 aromatic carbocycles. The lowest BCUT2D eigenvalue weighted by atomic mass is 10.1. The summed E-state index contributed by atoms with van der Waals surface area (Å²) >= 11 is 5.77. The second-order valence-corrected chi connectivity index (χ2v) is 8.75. The third-order valence-electron chi connectivity index (χ3n) is 5.78. The Morgan fingerprint density at radius 2 is 2.03 bits per heavy atom. The summed E-state index contributed by atoms with van der Waals surface area (Å²) in [6, 6.07) is 8.46. The van der Waals surface area contributed by atoms with Crippen LogP contribution in [0.5, 0.6) is 0 Å². The number of aromatic nitrogens is 2. The summed E-state index contributed by atoms with van der Waals surface area (Å²) in [4.78, 5) is 53.5. The van der Waals surface area contributed by atoms with E-state index < -0.39 is 29.4 Å². The monoisotopic (exact) mass is 526 g/mol. The van der Waals surface area contributed by atoms with Gasteiger partial charge in [0.25, 0.3) is 5.91 Å². The van der Waals surface area contributed by atoms with Gasteiger partial charge in [-0.05, 0) is 47.8 Å². The molecule has 4 rings (SSSR count). The molecular weight excluding hydrogens is 507 g/mol. The van der Waals surface area contributed by atoms with Crippen molar-refractivity contribution in [2.45, 2.75) is 32.0 Å². The highest BCUT2D eigenvalue weighted by Gasteiger charge is 2.34. The molecule has 3 N–H and O–H groups in total. The molecule has 0 atom stereocenters. The van der Waals surface area contributed by atoms with E-state index in [2.05, 4.69) is 20.4 Å². The van der Waals surface area contributed by atoms with E-state index >= 15 is 0 Å². The van der Waals surface area contributed by atoms with Crippen LogP contribution in [0.2, 0.25) is 5.02 Å². The molecule has 1 saturated carbocycles. The van der Waals surface area contributed by atoms with Crippen molar-refractivity contribution in [1.29, 1.82) is 0 Å². The zero-order chi connectivity index (χ0) is 26.7. The molecule has 4 amide bonds. The van der Waals surface area contributed by atoms with Crippen LogP contribution in [0.25, 0.3) is 21.3 Å². The van der Waals surface area contributed by atoms with Gasteiger partial charge >= 0.3 is 0 Å². The van der Waals surface area contributed by atoms with Gasteiger partial charge in [-0.25, -0.2) is 4.39 Å². The molecule has 1 fully saturated rings. The van der Waals surface area contributed by atoms with Gasteiger partial charge in [0.15, 0.2) is 5.69 Å². The van der Waals surface area contributed by atoms with Crippen LogP contribution in [-0.4, -0.2) is 50.9 Å². The van der Waals surface area contributed by atoms with Crippen molar-refractivity contribution in [3.8, 4) is 0 Å². The number of nitrogens with zero attached hydrogens (tertiary/aromatic N) is 6. The fraction of sp³-hybridized carbons (Fsp3) is 0.261. The molecule has 0 saturated heterocycles. The number of hydrogen-bond donors (Lipinski definition) is 2. The van der Waals surface area contributed by atoms with Gasteiger partial charge < -0.3 is 16.0 Å². The Kier molecular flexibility index (Phi) is 7.37. The molecule has 1 aromatic heterocycles. The summed E-state index contributed by atoms with van der Waals surface area (Å²) in [5.41, 5.74) is 14.3. The smallest absolute Gasteiger partial charge is 0.269 e. The maximum Gasteiger partial charge on any atom is 0.269 e. The van der Waals surface area contributed by atoms with Crippen LogP contribution < -0.4 is 11.1 Å². The minimum Gasteiger partial charge on any atom is -0.364 e. The Morgan fingerprint density at radius 1 is 1.27 bits per heavy atom. The van der Waals surface area contributed by atoms with Crippen LogP contribution in [0.15, 0.2) is 41.5 Å². The first-order valence-corrected chi connectivity index (χ1v) is 11.5. The van der Waals surface area contributed by atoms with Crippen LogP contribution in [-0.2, 0) is 22.7 Å². The van der Waals surface area contributed by atoms with Crippen molar-refractivity contribution in [2.75, 3.05) is 6.54 Å². The molecule has 1 aliphatic rings. The number of rotatable bonds is 9. The average molecular weight is 527 g/mol.